The average Bonchev–Trinajstić information content (AvgIpc) is 2.99. The first kappa shape index (κ1) is 28.3. The van der Waals surface area contributed by atoms with Crippen LogP contribution in [0.25, 0.3) is 11.1 Å². The van der Waals surface area contributed by atoms with Gasteiger partial charge in [0.15, 0.2) is 5.75 Å². The number of para-hydroxylation sites is 1. The number of carbonyl (C=O) groups excluding carboxylic acids is 1. The fraction of sp³-hybridized carbons (Fsp3) is 0.133. The van der Waals surface area contributed by atoms with Crippen molar-refractivity contribution >= 4 is 34.6 Å². The third-order valence-electron chi connectivity index (χ3n) is 5.97. The van der Waals surface area contributed by atoms with Crippen molar-refractivity contribution in [2.45, 2.75) is 4.90 Å². The molecule has 0 aliphatic carbocycles. The second-order valence-electron chi connectivity index (χ2n) is 8.59. The molecule has 1 amide bonds. The van der Waals surface area contributed by atoms with Crippen LogP contribution in [0.15, 0.2) is 95.9 Å². The van der Waals surface area contributed by atoms with Crippen molar-refractivity contribution < 1.29 is 28.7 Å². The van der Waals surface area contributed by atoms with Crippen LogP contribution in [0.2, 0.25) is 0 Å². The van der Waals surface area contributed by atoms with Gasteiger partial charge in [-0.25, -0.2) is 9.52 Å². The lowest BCUT2D eigenvalue weighted by Crippen LogP contribution is -2.29. The molecule has 0 radical (unpaired) electrons. The van der Waals surface area contributed by atoms with Gasteiger partial charge in [0.1, 0.15) is 17.1 Å². The number of carboxylic acids is 1. The van der Waals surface area contributed by atoms with Crippen molar-refractivity contribution in [3.63, 3.8) is 0 Å². The quantitative estimate of drug-likeness (QED) is 0.140. The topological polar surface area (TPSA) is 132 Å². The van der Waals surface area contributed by atoms with E-state index < -0.39 is 17.3 Å². The first-order chi connectivity index (χ1) is 19.4. The number of nitrogens with one attached hydrogen (secondary N) is 3. The summed E-state index contributed by atoms with van der Waals surface area (Å²) in [5, 5.41) is 15.4. The summed E-state index contributed by atoms with van der Waals surface area (Å²) in [6, 6.07) is 26.1. The standard InChI is InChI=1S/C30H29N3O6S/c1-38-26-12-4-3-11-25(26)29(34)32-16-15-31-23-9-6-10-24(19-23)33-40(37)28-18-21(13-14-27(28)39-2)20-7-5-8-22(17-20)30(35)36/h3-14,17-19,31,33H,15-16H2,1-2H3,(H,32,34)(H,35,36). The molecule has 0 bridgehead atoms. The minimum atomic E-state index is -1.68. The van der Waals surface area contributed by atoms with Crippen LogP contribution >= 0.6 is 0 Å². The zero-order chi connectivity index (χ0) is 28.5. The van der Waals surface area contributed by atoms with Gasteiger partial charge in [0, 0.05) is 24.8 Å². The van der Waals surface area contributed by atoms with Crippen molar-refractivity contribution in [2.75, 3.05) is 37.3 Å². The molecule has 1 atom stereocenters. The molecule has 4 aromatic rings. The summed E-state index contributed by atoms with van der Waals surface area (Å²) in [5.74, 6) is -0.302. The summed E-state index contributed by atoms with van der Waals surface area (Å²) in [7, 11) is 3.02. The van der Waals surface area contributed by atoms with Crippen LogP contribution < -0.4 is 24.8 Å². The molecular formula is C30H29N3O6S. The van der Waals surface area contributed by atoms with E-state index in [0.717, 1.165) is 5.69 Å². The Kier molecular flexibility index (Phi) is 9.50. The van der Waals surface area contributed by atoms with Crippen molar-refractivity contribution in [1.82, 2.24) is 5.32 Å². The van der Waals surface area contributed by atoms with E-state index in [1.54, 1.807) is 66.7 Å². The zero-order valence-electron chi connectivity index (χ0n) is 22.0. The number of anilines is 2. The van der Waals surface area contributed by atoms with E-state index in [-0.39, 0.29) is 11.5 Å². The molecule has 206 valence electrons. The normalized spacial score (nSPS) is 11.3. The summed E-state index contributed by atoms with van der Waals surface area (Å²) in [6.45, 7) is 0.853. The molecule has 10 heteroatoms. The van der Waals surface area contributed by atoms with Gasteiger partial charge in [-0.15, -0.1) is 0 Å². The van der Waals surface area contributed by atoms with Gasteiger partial charge in [-0.3, -0.25) is 4.79 Å². The van der Waals surface area contributed by atoms with Crippen molar-refractivity contribution in [3.8, 4) is 22.6 Å². The maximum absolute atomic E-state index is 13.3. The molecule has 0 saturated heterocycles. The lowest BCUT2D eigenvalue weighted by molar-refractivity contribution is 0.0696. The SMILES string of the molecule is COc1ccccc1C(=O)NCCNc1cccc(N[S+]([O-])c2cc(-c3cccc(C(=O)O)c3)ccc2OC)c1. The Morgan fingerprint density at radius 1 is 0.800 bits per heavy atom. The minimum absolute atomic E-state index is 0.165. The van der Waals surface area contributed by atoms with E-state index in [9.17, 15) is 19.2 Å². The fourth-order valence-corrected chi connectivity index (χ4v) is 5.02. The second kappa shape index (κ2) is 13.4. The lowest BCUT2D eigenvalue weighted by atomic mass is 10.0. The number of hydrogen-bond donors (Lipinski definition) is 4. The molecule has 1 unspecified atom stereocenters. The molecule has 4 rings (SSSR count). The summed E-state index contributed by atoms with van der Waals surface area (Å²) < 4.78 is 27.0. The van der Waals surface area contributed by atoms with Gasteiger partial charge in [-0.05, 0) is 59.7 Å². The number of hydrogen-bond acceptors (Lipinski definition) is 7. The second-order valence-corrected chi connectivity index (χ2v) is 9.77. The molecule has 0 spiro atoms. The van der Waals surface area contributed by atoms with Gasteiger partial charge in [-0.2, -0.15) is 0 Å². The predicted molar refractivity (Wildman–Crippen MR) is 156 cm³/mol. The van der Waals surface area contributed by atoms with Gasteiger partial charge in [-0.1, -0.05) is 36.4 Å². The third-order valence-corrected chi connectivity index (χ3v) is 7.11. The number of methoxy groups -OCH3 is 2. The Morgan fingerprint density at radius 2 is 1.52 bits per heavy atom. The van der Waals surface area contributed by atoms with Crippen LogP contribution in [0.4, 0.5) is 11.4 Å². The molecule has 0 aliphatic rings. The summed E-state index contributed by atoms with van der Waals surface area (Å²) in [5.41, 5.74) is 3.41. The largest absolute Gasteiger partial charge is 0.588 e. The highest BCUT2D eigenvalue weighted by molar-refractivity contribution is 7.92. The zero-order valence-corrected chi connectivity index (χ0v) is 22.8. The third kappa shape index (κ3) is 7.04. The number of benzene rings is 4. The van der Waals surface area contributed by atoms with Gasteiger partial charge >= 0.3 is 5.97 Å². The Morgan fingerprint density at radius 3 is 2.30 bits per heavy atom. The fourth-order valence-electron chi connectivity index (χ4n) is 4.00. The Bertz CT molecular complexity index is 1500. The Hall–Kier alpha value is -4.67. The Balaban J connectivity index is 1.40. The highest BCUT2D eigenvalue weighted by Gasteiger charge is 2.20. The molecule has 0 aromatic heterocycles. The molecule has 9 nitrogen and oxygen atoms in total. The number of amides is 1. The van der Waals surface area contributed by atoms with Gasteiger partial charge < -0.3 is 29.8 Å². The van der Waals surface area contributed by atoms with Crippen LogP contribution in [0, 0.1) is 0 Å². The number of aromatic carboxylic acids is 1. The van der Waals surface area contributed by atoms with E-state index in [0.29, 0.717) is 51.9 Å². The average molecular weight is 560 g/mol. The van der Waals surface area contributed by atoms with Gasteiger partial charge in [0.25, 0.3) is 5.91 Å². The number of carboxylic acid groups (broad SMARTS) is 1. The minimum Gasteiger partial charge on any atom is -0.588 e. The molecule has 4 N–H and O–H groups in total. The van der Waals surface area contributed by atoms with Crippen LogP contribution in [-0.2, 0) is 11.4 Å². The summed E-state index contributed by atoms with van der Waals surface area (Å²) >= 11 is -1.68. The maximum Gasteiger partial charge on any atom is 0.335 e. The van der Waals surface area contributed by atoms with Gasteiger partial charge in [0.2, 0.25) is 4.90 Å². The van der Waals surface area contributed by atoms with Crippen LogP contribution in [-0.4, -0.2) is 48.8 Å². The lowest BCUT2D eigenvalue weighted by Gasteiger charge is -2.16. The van der Waals surface area contributed by atoms with Crippen LogP contribution in [0.1, 0.15) is 20.7 Å². The Labute approximate surface area is 235 Å². The van der Waals surface area contributed by atoms with Crippen molar-refractivity contribution in [3.05, 3.63) is 102 Å². The molecule has 40 heavy (non-hydrogen) atoms. The molecule has 4 aromatic carbocycles. The van der Waals surface area contributed by atoms with Crippen LogP contribution in [0.5, 0.6) is 11.5 Å². The number of ether oxygens (including phenoxy) is 2. The molecule has 0 fully saturated rings. The van der Waals surface area contributed by atoms with Gasteiger partial charge in [0.05, 0.1) is 31.0 Å². The molecule has 0 heterocycles. The molecular weight excluding hydrogens is 530 g/mol. The first-order valence-corrected chi connectivity index (χ1v) is 13.5. The highest BCUT2D eigenvalue weighted by atomic mass is 32.2. The predicted octanol–water partition coefficient (Wildman–Crippen LogP) is 5.05. The summed E-state index contributed by atoms with van der Waals surface area (Å²) in [6.07, 6.45) is 0. The van der Waals surface area contributed by atoms with E-state index >= 15 is 0 Å². The highest BCUT2D eigenvalue weighted by Crippen LogP contribution is 2.32. The number of carbonyl (C=O) groups is 2. The van der Waals surface area contributed by atoms with Crippen LogP contribution in [0.3, 0.4) is 0 Å². The molecule has 0 saturated carbocycles. The summed E-state index contributed by atoms with van der Waals surface area (Å²) in [4.78, 5) is 24.3. The smallest absolute Gasteiger partial charge is 0.335 e. The molecule has 0 aliphatic heterocycles. The monoisotopic (exact) mass is 559 g/mol. The van der Waals surface area contributed by atoms with E-state index in [1.165, 1.54) is 20.3 Å². The van der Waals surface area contributed by atoms with Crippen molar-refractivity contribution in [2.24, 2.45) is 0 Å². The van der Waals surface area contributed by atoms with E-state index in [2.05, 4.69) is 15.4 Å². The maximum atomic E-state index is 13.3. The van der Waals surface area contributed by atoms with E-state index in [4.69, 9.17) is 9.47 Å². The number of rotatable bonds is 12. The first-order valence-electron chi connectivity index (χ1n) is 12.3. The van der Waals surface area contributed by atoms with E-state index in [1.807, 2.05) is 18.2 Å². The van der Waals surface area contributed by atoms with Crippen molar-refractivity contribution in [1.29, 1.82) is 0 Å².